The summed E-state index contributed by atoms with van der Waals surface area (Å²) < 4.78 is 19.7. The van der Waals surface area contributed by atoms with Gasteiger partial charge in [-0.05, 0) is 42.7 Å². The minimum Gasteiger partial charge on any atom is -0.459 e. The zero-order valence-electron chi connectivity index (χ0n) is 20.8. The summed E-state index contributed by atoms with van der Waals surface area (Å²) in [6.07, 6.45) is 2.93. The maximum Gasteiger partial charge on any atom is 0.338 e. The minimum atomic E-state index is -0.632. The first kappa shape index (κ1) is 24.6. The van der Waals surface area contributed by atoms with Crippen LogP contribution in [0, 0.1) is 5.92 Å². The number of esters is 2. The molecule has 190 valence electrons. The molecule has 1 aliphatic heterocycles. The van der Waals surface area contributed by atoms with Gasteiger partial charge in [0, 0.05) is 18.0 Å². The van der Waals surface area contributed by atoms with E-state index in [0.29, 0.717) is 29.1 Å². The van der Waals surface area contributed by atoms with Crippen LogP contribution in [0.25, 0.3) is 11.0 Å². The molecule has 2 aromatic carbocycles. The third kappa shape index (κ3) is 5.54. The number of benzene rings is 2. The molecule has 0 aliphatic carbocycles. The quantitative estimate of drug-likeness (QED) is 0.315. The zero-order chi connectivity index (χ0) is 25.8. The summed E-state index contributed by atoms with van der Waals surface area (Å²) in [5, 5.41) is 0.937. The lowest BCUT2D eigenvalue weighted by atomic mass is 10.1. The lowest BCUT2D eigenvalue weighted by molar-refractivity contribution is -0.0592. The molecule has 0 amide bonds. The van der Waals surface area contributed by atoms with Crippen molar-refractivity contribution in [3.63, 3.8) is 0 Å². The Kier molecular flexibility index (Phi) is 7.28. The van der Waals surface area contributed by atoms with Gasteiger partial charge in [-0.1, -0.05) is 50.2 Å². The second kappa shape index (κ2) is 10.9. The van der Waals surface area contributed by atoms with E-state index >= 15 is 0 Å². The Hall–Kier alpha value is -4.04. The van der Waals surface area contributed by atoms with Gasteiger partial charge < -0.3 is 18.8 Å². The molecular weight excluding hydrogens is 470 g/mol. The first-order valence-corrected chi connectivity index (χ1v) is 12.4. The van der Waals surface area contributed by atoms with Crippen LogP contribution >= 0.6 is 0 Å². The minimum absolute atomic E-state index is 0.0381. The van der Waals surface area contributed by atoms with Crippen molar-refractivity contribution in [1.29, 1.82) is 0 Å². The van der Waals surface area contributed by atoms with Crippen LogP contribution < -0.4 is 0 Å². The van der Waals surface area contributed by atoms with Crippen LogP contribution in [-0.4, -0.2) is 45.3 Å². The summed E-state index contributed by atoms with van der Waals surface area (Å²) in [7, 11) is 0. The second-order valence-corrected chi connectivity index (χ2v) is 9.54. The van der Waals surface area contributed by atoms with Crippen molar-refractivity contribution in [3.8, 4) is 0 Å². The highest BCUT2D eigenvalue weighted by molar-refractivity contribution is 5.90. The van der Waals surface area contributed by atoms with Crippen molar-refractivity contribution in [2.45, 2.75) is 45.1 Å². The Bertz CT molecular complexity index is 1370. The van der Waals surface area contributed by atoms with Crippen molar-refractivity contribution in [2.24, 2.45) is 5.92 Å². The van der Waals surface area contributed by atoms with E-state index in [2.05, 4.69) is 23.8 Å². The molecule has 3 atom stereocenters. The molecule has 37 heavy (non-hydrogen) atoms. The third-order valence-electron chi connectivity index (χ3n) is 6.29. The Morgan fingerprint density at radius 3 is 2.32 bits per heavy atom. The second-order valence-electron chi connectivity index (χ2n) is 9.54. The average molecular weight is 500 g/mol. The van der Waals surface area contributed by atoms with E-state index < -0.39 is 30.4 Å². The van der Waals surface area contributed by atoms with Gasteiger partial charge in [-0.15, -0.1) is 0 Å². The third-order valence-corrected chi connectivity index (χ3v) is 6.29. The number of hydrogen-bond acceptors (Lipinski definition) is 7. The highest BCUT2D eigenvalue weighted by atomic mass is 16.6. The molecule has 5 rings (SSSR count). The smallest absolute Gasteiger partial charge is 0.338 e. The molecule has 1 fully saturated rings. The molecule has 2 aromatic heterocycles. The van der Waals surface area contributed by atoms with E-state index in [-0.39, 0.29) is 6.61 Å². The van der Waals surface area contributed by atoms with E-state index in [1.807, 2.05) is 29.0 Å². The molecule has 1 aliphatic rings. The highest BCUT2D eigenvalue weighted by Gasteiger charge is 2.40. The summed E-state index contributed by atoms with van der Waals surface area (Å²) >= 11 is 0. The van der Waals surface area contributed by atoms with E-state index in [0.717, 1.165) is 17.5 Å². The number of fused-ring (bicyclic) bond motifs is 1. The monoisotopic (exact) mass is 499 g/mol. The molecule has 4 aromatic rings. The van der Waals surface area contributed by atoms with Gasteiger partial charge in [0.2, 0.25) is 0 Å². The highest BCUT2D eigenvalue weighted by Crippen LogP contribution is 2.35. The molecule has 3 heterocycles. The van der Waals surface area contributed by atoms with Crippen molar-refractivity contribution in [3.05, 3.63) is 96.1 Å². The molecule has 0 spiro atoms. The number of aromatic nitrogens is 3. The van der Waals surface area contributed by atoms with E-state index in [1.54, 1.807) is 54.9 Å². The number of carbonyl (C=O) groups is 2. The first-order chi connectivity index (χ1) is 18.0. The van der Waals surface area contributed by atoms with Crippen LogP contribution in [0.4, 0.5) is 0 Å². The lowest BCUT2D eigenvalue weighted by Crippen LogP contribution is -2.25. The molecule has 0 N–H and O–H groups in total. The molecule has 0 unspecified atom stereocenters. The zero-order valence-corrected chi connectivity index (χ0v) is 20.8. The van der Waals surface area contributed by atoms with Gasteiger partial charge in [0.15, 0.2) is 6.23 Å². The fraction of sp³-hybridized carbons (Fsp3) is 0.310. The first-order valence-electron chi connectivity index (χ1n) is 12.4. The van der Waals surface area contributed by atoms with Crippen molar-refractivity contribution < 1.29 is 23.8 Å². The van der Waals surface area contributed by atoms with Gasteiger partial charge in [0.25, 0.3) is 0 Å². The normalized spacial score (nSPS) is 19.3. The number of hydrogen-bond donors (Lipinski definition) is 0. The van der Waals surface area contributed by atoms with Gasteiger partial charge in [-0.2, -0.15) is 0 Å². The maximum atomic E-state index is 12.9. The van der Waals surface area contributed by atoms with Gasteiger partial charge in [-0.3, -0.25) is 0 Å². The Morgan fingerprint density at radius 1 is 0.973 bits per heavy atom. The fourth-order valence-electron chi connectivity index (χ4n) is 4.56. The van der Waals surface area contributed by atoms with Gasteiger partial charge >= 0.3 is 11.9 Å². The van der Waals surface area contributed by atoms with Crippen LogP contribution in [0.1, 0.15) is 52.9 Å². The largest absolute Gasteiger partial charge is 0.459 e. The Balaban J connectivity index is 1.39. The van der Waals surface area contributed by atoms with Crippen LogP contribution in [0.3, 0.4) is 0 Å². The average Bonchev–Trinajstić information content (AvgIpc) is 3.52. The Labute approximate surface area is 215 Å². The van der Waals surface area contributed by atoms with Crippen molar-refractivity contribution in [2.75, 3.05) is 6.61 Å². The van der Waals surface area contributed by atoms with Crippen LogP contribution in [0.5, 0.6) is 0 Å². The topological polar surface area (TPSA) is 92.5 Å². The Morgan fingerprint density at radius 2 is 1.65 bits per heavy atom. The van der Waals surface area contributed by atoms with Crippen LogP contribution in [0.15, 0.2) is 79.3 Å². The SMILES string of the molecule is CC(C)Cc1ncnc2c1ccn2[C@@H]1O[C@H](COC(=O)c2ccccc2)C[C@H]1OC(=O)c1ccccc1. The van der Waals surface area contributed by atoms with Crippen LogP contribution in [-0.2, 0) is 20.6 Å². The molecule has 8 heteroatoms. The molecule has 8 nitrogen and oxygen atoms in total. The lowest BCUT2D eigenvalue weighted by Gasteiger charge is -2.21. The maximum absolute atomic E-state index is 12.9. The number of rotatable bonds is 8. The van der Waals surface area contributed by atoms with Crippen molar-refractivity contribution >= 4 is 23.0 Å². The fourth-order valence-corrected chi connectivity index (χ4v) is 4.56. The molecule has 1 saturated heterocycles. The number of nitrogens with zero attached hydrogens (tertiary/aromatic N) is 3. The summed E-state index contributed by atoms with van der Waals surface area (Å²) in [5.74, 6) is -0.428. The predicted molar refractivity (Wildman–Crippen MR) is 137 cm³/mol. The summed E-state index contributed by atoms with van der Waals surface area (Å²) in [5.41, 5.74) is 2.59. The molecule has 0 saturated carbocycles. The summed E-state index contributed by atoms with van der Waals surface area (Å²) in [4.78, 5) is 34.4. The van der Waals surface area contributed by atoms with Gasteiger partial charge in [0.05, 0.1) is 22.9 Å². The van der Waals surface area contributed by atoms with Crippen molar-refractivity contribution in [1.82, 2.24) is 14.5 Å². The van der Waals surface area contributed by atoms with Crippen LogP contribution in [0.2, 0.25) is 0 Å². The van der Waals surface area contributed by atoms with Gasteiger partial charge in [0.1, 0.15) is 24.7 Å². The molecular formula is C29H29N3O5. The standard InChI is InChI=1S/C29H29N3O5/c1-19(2)15-24-23-13-14-32(26(23)31-18-30-24)27-25(37-29(34)21-11-7-4-8-12-21)16-22(36-27)17-35-28(33)20-9-5-3-6-10-20/h3-14,18-19,22,25,27H,15-17H2,1-2H3/t22-,25+,27+/m0/s1. The van der Waals surface area contributed by atoms with E-state index in [4.69, 9.17) is 14.2 Å². The van der Waals surface area contributed by atoms with E-state index in [1.165, 1.54) is 0 Å². The molecule has 0 radical (unpaired) electrons. The van der Waals surface area contributed by atoms with Gasteiger partial charge in [-0.25, -0.2) is 19.6 Å². The summed E-state index contributed by atoms with van der Waals surface area (Å²) in [6.45, 7) is 4.33. The molecule has 0 bridgehead atoms. The summed E-state index contributed by atoms with van der Waals surface area (Å²) in [6, 6.07) is 19.6. The number of carbonyl (C=O) groups excluding carboxylic acids is 2. The number of ether oxygens (including phenoxy) is 3. The van der Waals surface area contributed by atoms with E-state index in [9.17, 15) is 9.59 Å². The predicted octanol–water partition coefficient (Wildman–Crippen LogP) is 5.00.